The molecule has 6 aliphatic heterocycles. The number of piperazine rings is 1. The van der Waals surface area contributed by atoms with Gasteiger partial charge in [0.2, 0.25) is 11.8 Å². The number of rotatable bonds is 0. The Labute approximate surface area is 192 Å². The van der Waals surface area contributed by atoms with Gasteiger partial charge < -0.3 is 20.3 Å². The minimum absolute atomic E-state index is 0.00557. The van der Waals surface area contributed by atoms with Crippen molar-refractivity contribution in [2.75, 3.05) is 11.9 Å². The van der Waals surface area contributed by atoms with Gasteiger partial charge in [0.15, 0.2) is 5.78 Å². The molecule has 1 aromatic rings. The second-order valence-electron chi connectivity index (χ2n) is 12.0. The van der Waals surface area contributed by atoms with E-state index < -0.39 is 22.0 Å². The molecule has 172 valence electrons. The molecule has 0 unspecified atom stereocenters. The molecule has 4 saturated heterocycles. The third-order valence-electron chi connectivity index (χ3n) is 9.43. The van der Waals surface area contributed by atoms with Crippen LogP contribution < -0.4 is 15.4 Å². The maximum absolute atomic E-state index is 14.1. The van der Waals surface area contributed by atoms with Crippen molar-refractivity contribution in [3.05, 3.63) is 29.3 Å². The van der Waals surface area contributed by atoms with Gasteiger partial charge in [-0.25, -0.2) is 0 Å². The van der Waals surface area contributed by atoms with Crippen molar-refractivity contribution < 1.29 is 19.1 Å². The molecule has 1 aromatic carbocycles. The summed E-state index contributed by atoms with van der Waals surface area (Å²) in [5.74, 6) is 0.627. The van der Waals surface area contributed by atoms with E-state index in [9.17, 15) is 14.4 Å². The smallest absolute Gasteiger partial charge is 0.249 e. The minimum Gasteiger partial charge on any atom is -0.483 e. The number of nitrogens with zero attached hydrogens (tertiary/aromatic N) is 1. The van der Waals surface area contributed by atoms with Crippen LogP contribution in [0.2, 0.25) is 0 Å². The first-order valence-electron chi connectivity index (χ1n) is 12.0. The first kappa shape index (κ1) is 19.6. The second-order valence-corrected chi connectivity index (χ2v) is 12.0. The van der Waals surface area contributed by atoms with Gasteiger partial charge in [0, 0.05) is 35.4 Å². The number of nitrogens with one attached hydrogen (secondary N) is 2. The van der Waals surface area contributed by atoms with Crippen molar-refractivity contribution in [2.24, 2.45) is 11.3 Å². The zero-order chi connectivity index (χ0) is 23.2. The average Bonchev–Trinajstić information content (AvgIpc) is 3.17. The lowest BCUT2D eigenvalue weighted by molar-refractivity contribution is -0.191. The molecule has 2 N–H and O–H groups in total. The molecule has 1 saturated carbocycles. The first-order chi connectivity index (χ1) is 15.5. The fraction of sp³-hybridized carbons (Fsp3) is 0.577. The molecule has 1 aliphatic carbocycles. The van der Waals surface area contributed by atoms with Gasteiger partial charge in [-0.1, -0.05) is 19.9 Å². The van der Waals surface area contributed by atoms with E-state index in [0.29, 0.717) is 19.4 Å². The molecule has 7 aliphatic rings. The predicted molar refractivity (Wildman–Crippen MR) is 122 cm³/mol. The van der Waals surface area contributed by atoms with E-state index in [1.165, 1.54) is 0 Å². The van der Waals surface area contributed by atoms with Crippen molar-refractivity contribution in [2.45, 2.75) is 75.6 Å². The lowest BCUT2D eigenvalue weighted by Gasteiger charge is -2.68. The Kier molecular flexibility index (Phi) is 3.14. The normalized spacial score (nSPS) is 40.2. The van der Waals surface area contributed by atoms with Gasteiger partial charge in [-0.3, -0.25) is 14.4 Å². The van der Waals surface area contributed by atoms with Gasteiger partial charge in [0.05, 0.1) is 5.69 Å². The number of benzene rings is 1. The molecular weight excluding hydrogens is 418 g/mol. The van der Waals surface area contributed by atoms with Crippen molar-refractivity contribution in [3.63, 3.8) is 0 Å². The number of hydrogen-bond acceptors (Lipinski definition) is 5. The fourth-order valence-corrected chi connectivity index (χ4v) is 7.88. The number of Topliss-reactive ketones (excluding diaryl/α,β-unsaturated/α-hetero) is 1. The Hall–Kier alpha value is -2.83. The summed E-state index contributed by atoms with van der Waals surface area (Å²) in [6, 6.07) is 3.89. The molecular formula is C26H29N3O4. The van der Waals surface area contributed by atoms with E-state index in [4.69, 9.17) is 4.74 Å². The summed E-state index contributed by atoms with van der Waals surface area (Å²) in [7, 11) is 0. The number of carbonyl (C=O) groups is 3. The minimum atomic E-state index is -1.06. The number of ether oxygens (including phenoxy) is 1. The van der Waals surface area contributed by atoms with Crippen molar-refractivity contribution in [3.8, 4) is 5.75 Å². The first-order valence-corrected chi connectivity index (χ1v) is 12.0. The Morgan fingerprint density at radius 2 is 1.88 bits per heavy atom. The van der Waals surface area contributed by atoms with Gasteiger partial charge in [-0.05, 0) is 51.3 Å². The second kappa shape index (κ2) is 5.29. The van der Waals surface area contributed by atoms with Gasteiger partial charge in [0.1, 0.15) is 28.0 Å². The van der Waals surface area contributed by atoms with Crippen LogP contribution >= 0.6 is 0 Å². The molecule has 2 bridgehead atoms. The molecule has 7 nitrogen and oxygen atoms in total. The summed E-state index contributed by atoms with van der Waals surface area (Å²) < 4.78 is 6.11. The molecule has 0 radical (unpaired) electrons. The summed E-state index contributed by atoms with van der Waals surface area (Å²) in [4.78, 5) is 43.2. The zero-order valence-corrected chi connectivity index (χ0v) is 19.5. The van der Waals surface area contributed by atoms with Crippen LogP contribution in [0.4, 0.5) is 5.69 Å². The molecule has 6 heterocycles. The number of fused-ring (bicyclic) bond motifs is 5. The molecule has 2 amide bonds. The summed E-state index contributed by atoms with van der Waals surface area (Å²) >= 11 is 0. The van der Waals surface area contributed by atoms with Gasteiger partial charge >= 0.3 is 0 Å². The van der Waals surface area contributed by atoms with Crippen molar-refractivity contribution >= 4 is 29.4 Å². The Morgan fingerprint density at radius 1 is 1.09 bits per heavy atom. The van der Waals surface area contributed by atoms with Crippen LogP contribution in [0.5, 0.6) is 5.75 Å². The average molecular weight is 448 g/mol. The quantitative estimate of drug-likeness (QED) is 0.639. The zero-order valence-electron chi connectivity index (χ0n) is 19.5. The number of anilines is 1. The molecule has 0 aromatic heterocycles. The van der Waals surface area contributed by atoms with Crippen LogP contribution in [0.3, 0.4) is 0 Å². The van der Waals surface area contributed by atoms with Crippen LogP contribution in [0, 0.1) is 11.3 Å². The maximum atomic E-state index is 14.1. The maximum Gasteiger partial charge on any atom is 0.249 e. The number of ketones is 1. The lowest BCUT2D eigenvalue weighted by Crippen LogP contribution is -2.87. The van der Waals surface area contributed by atoms with Crippen LogP contribution in [0.1, 0.15) is 64.5 Å². The number of piperidine rings is 2. The Morgan fingerprint density at radius 3 is 2.67 bits per heavy atom. The topological polar surface area (TPSA) is 87.7 Å². The third-order valence-corrected chi connectivity index (χ3v) is 9.43. The molecule has 3 spiro atoms. The lowest BCUT2D eigenvalue weighted by atomic mass is 9.45. The third kappa shape index (κ3) is 1.95. The van der Waals surface area contributed by atoms with Crippen LogP contribution in [-0.4, -0.2) is 45.7 Å². The summed E-state index contributed by atoms with van der Waals surface area (Å²) in [6.45, 7) is 8.56. The van der Waals surface area contributed by atoms with Crippen LogP contribution in [0.25, 0.3) is 6.08 Å². The van der Waals surface area contributed by atoms with E-state index in [0.717, 1.165) is 29.0 Å². The Balaban J connectivity index is 1.38. The van der Waals surface area contributed by atoms with Crippen LogP contribution in [-0.2, 0) is 19.9 Å². The largest absolute Gasteiger partial charge is 0.483 e. The van der Waals surface area contributed by atoms with Crippen molar-refractivity contribution in [1.82, 2.24) is 10.2 Å². The number of hydrogen-bond donors (Lipinski definition) is 2. The van der Waals surface area contributed by atoms with Gasteiger partial charge in [0.25, 0.3) is 0 Å². The highest BCUT2D eigenvalue weighted by atomic mass is 16.5. The summed E-state index contributed by atoms with van der Waals surface area (Å²) in [6.07, 6.45) is 6.40. The highest BCUT2D eigenvalue weighted by Crippen LogP contribution is 2.65. The predicted octanol–water partition coefficient (Wildman–Crippen LogP) is 2.74. The number of carbonyl (C=O) groups excluding carboxylic acids is 3. The molecule has 7 heteroatoms. The standard InChI is InChI=1S/C26H29N3O4/c1-22(2)10-8-14-16(33-22)7-6-15-18(14)27-25(15)13-26-17(23(3,4)19(25)30)12-24(20(31)28-26)9-5-11-29(24)21(26)32/h6-8,10,17,27H,5,9,11-13H2,1-4H3,(H,28,31)/t17-,24+,25+,26+/m1/s1. The molecule has 4 atom stereocenters. The van der Waals surface area contributed by atoms with Crippen molar-refractivity contribution in [1.29, 1.82) is 0 Å². The van der Waals surface area contributed by atoms with Gasteiger partial charge in [-0.2, -0.15) is 0 Å². The molecule has 5 fully saturated rings. The van der Waals surface area contributed by atoms with Gasteiger partial charge in [-0.15, -0.1) is 0 Å². The van der Waals surface area contributed by atoms with E-state index in [2.05, 4.69) is 10.6 Å². The monoisotopic (exact) mass is 447 g/mol. The highest BCUT2D eigenvalue weighted by Gasteiger charge is 2.77. The summed E-state index contributed by atoms with van der Waals surface area (Å²) in [5, 5.41) is 6.69. The van der Waals surface area contributed by atoms with E-state index in [1.54, 1.807) is 0 Å². The highest BCUT2D eigenvalue weighted by molar-refractivity contribution is 6.11. The SMILES string of the molecule is CC1(C)C=Cc2c(ccc3c2N[C@@]32C[C@@]34NC(=O)[C@]5(CCCN5C3=O)C[C@@H]4C(C)(C)C2=O)O1. The molecule has 8 rings (SSSR count). The Bertz CT molecular complexity index is 1230. The number of amides is 2. The summed E-state index contributed by atoms with van der Waals surface area (Å²) in [5.41, 5.74) is -1.27. The van der Waals surface area contributed by atoms with E-state index in [1.807, 2.05) is 56.9 Å². The fourth-order valence-electron chi connectivity index (χ4n) is 7.88. The molecule has 33 heavy (non-hydrogen) atoms. The van der Waals surface area contributed by atoms with E-state index in [-0.39, 0.29) is 35.5 Å². The van der Waals surface area contributed by atoms with Crippen LogP contribution in [0.15, 0.2) is 18.2 Å². The van der Waals surface area contributed by atoms with E-state index >= 15 is 0 Å².